The standard InChI is InChI=1S/C17H17BrClN/c18-15-10-12(8-9-16(15)19)17(20)14-7-2-1-6-13(14)11-4-3-5-11/h1-2,6-11,17H,3-5,20H2. The Bertz CT molecular complexity index is 622. The third-order valence-corrected chi connectivity index (χ3v) is 5.39. The largest absolute Gasteiger partial charge is 0.320 e. The van der Waals surface area contributed by atoms with Gasteiger partial charge in [-0.15, -0.1) is 0 Å². The van der Waals surface area contributed by atoms with Gasteiger partial charge in [0.05, 0.1) is 11.1 Å². The van der Waals surface area contributed by atoms with Gasteiger partial charge in [-0.2, -0.15) is 0 Å². The van der Waals surface area contributed by atoms with Crippen molar-refractivity contribution in [2.45, 2.75) is 31.2 Å². The fourth-order valence-electron chi connectivity index (χ4n) is 2.77. The van der Waals surface area contributed by atoms with E-state index in [-0.39, 0.29) is 6.04 Å². The third kappa shape index (κ3) is 2.65. The summed E-state index contributed by atoms with van der Waals surface area (Å²) in [5, 5.41) is 0.716. The van der Waals surface area contributed by atoms with E-state index in [0.717, 1.165) is 10.0 Å². The Morgan fingerprint density at radius 3 is 2.55 bits per heavy atom. The molecule has 1 fully saturated rings. The second-order valence-electron chi connectivity index (χ2n) is 5.41. The lowest BCUT2D eigenvalue weighted by Gasteiger charge is -2.29. The molecule has 2 N–H and O–H groups in total. The molecule has 0 bridgehead atoms. The van der Waals surface area contributed by atoms with E-state index in [0.29, 0.717) is 10.9 Å². The Kier molecular flexibility index (Phi) is 4.16. The van der Waals surface area contributed by atoms with Crippen LogP contribution in [0.3, 0.4) is 0 Å². The predicted octanol–water partition coefficient (Wildman–Crippen LogP) is 5.42. The maximum absolute atomic E-state index is 6.49. The molecule has 0 radical (unpaired) electrons. The second-order valence-corrected chi connectivity index (χ2v) is 6.67. The SMILES string of the molecule is NC(c1ccc(Cl)c(Br)c1)c1ccccc1C1CCC1. The van der Waals surface area contributed by atoms with Crippen molar-refractivity contribution in [2.24, 2.45) is 5.73 Å². The second kappa shape index (κ2) is 5.88. The van der Waals surface area contributed by atoms with Crippen LogP contribution >= 0.6 is 27.5 Å². The number of hydrogen-bond acceptors (Lipinski definition) is 1. The van der Waals surface area contributed by atoms with Crippen LogP contribution in [0.15, 0.2) is 46.9 Å². The van der Waals surface area contributed by atoms with E-state index in [1.165, 1.54) is 30.4 Å². The summed E-state index contributed by atoms with van der Waals surface area (Å²) >= 11 is 9.53. The van der Waals surface area contributed by atoms with Crippen LogP contribution < -0.4 is 5.73 Å². The lowest BCUT2D eigenvalue weighted by Crippen LogP contribution is -2.18. The highest BCUT2D eigenvalue weighted by Crippen LogP contribution is 2.40. The summed E-state index contributed by atoms with van der Waals surface area (Å²) in [6, 6.07) is 14.4. The Morgan fingerprint density at radius 2 is 1.90 bits per heavy atom. The van der Waals surface area contributed by atoms with E-state index in [4.69, 9.17) is 17.3 Å². The molecule has 2 aromatic rings. The van der Waals surface area contributed by atoms with Crippen LogP contribution in [-0.4, -0.2) is 0 Å². The van der Waals surface area contributed by atoms with Crippen molar-refractivity contribution in [3.63, 3.8) is 0 Å². The van der Waals surface area contributed by atoms with Gasteiger partial charge in [-0.3, -0.25) is 0 Å². The molecule has 104 valence electrons. The Labute approximate surface area is 133 Å². The predicted molar refractivity (Wildman–Crippen MR) is 88.2 cm³/mol. The minimum absolute atomic E-state index is 0.0969. The molecule has 3 rings (SSSR count). The van der Waals surface area contributed by atoms with Gasteiger partial charge in [0.2, 0.25) is 0 Å². The van der Waals surface area contributed by atoms with E-state index < -0.39 is 0 Å². The summed E-state index contributed by atoms with van der Waals surface area (Å²) in [4.78, 5) is 0. The Morgan fingerprint density at radius 1 is 1.15 bits per heavy atom. The lowest BCUT2D eigenvalue weighted by molar-refractivity contribution is 0.416. The normalized spacial score (nSPS) is 16.8. The molecule has 1 nitrogen and oxygen atoms in total. The van der Waals surface area contributed by atoms with Crippen molar-refractivity contribution in [1.82, 2.24) is 0 Å². The molecule has 2 aromatic carbocycles. The third-order valence-electron chi connectivity index (χ3n) is 4.18. The average Bonchev–Trinajstić information content (AvgIpc) is 2.40. The highest BCUT2D eigenvalue weighted by atomic mass is 79.9. The number of nitrogens with two attached hydrogens (primary N) is 1. The van der Waals surface area contributed by atoms with Crippen LogP contribution in [0.1, 0.15) is 47.9 Å². The van der Waals surface area contributed by atoms with E-state index in [2.05, 4.69) is 40.2 Å². The van der Waals surface area contributed by atoms with Crippen LogP contribution in [-0.2, 0) is 0 Å². The zero-order valence-corrected chi connectivity index (χ0v) is 13.5. The fraction of sp³-hybridized carbons (Fsp3) is 0.294. The Hall–Kier alpha value is -0.830. The van der Waals surface area contributed by atoms with Gasteiger partial charge in [0.1, 0.15) is 0 Å². The molecule has 1 atom stereocenters. The van der Waals surface area contributed by atoms with Crippen molar-refractivity contribution < 1.29 is 0 Å². The van der Waals surface area contributed by atoms with Gasteiger partial charge >= 0.3 is 0 Å². The van der Waals surface area contributed by atoms with Crippen molar-refractivity contribution in [3.05, 3.63) is 68.7 Å². The van der Waals surface area contributed by atoms with Gasteiger partial charge in [0.25, 0.3) is 0 Å². The number of halogens is 2. The van der Waals surface area contributed by atoms with Gasteiger partial charge in [-0.1, -0.05) is 48.4 Å². The van der Waals surface area contributed by atoms with Crippen LogP contribution in [0.25, 0.3) is 0 Å². The molecule has 0 heterocycles. The molecular formula is C17H17BrClN. The summed E-state index contributed by atoms with van der Waals surface area (Å²) < 4.78 is 0.897. The van der Waals surface area contributed by atoms with Crippen molar-refractivity contribution in [3.8, 4) is 0 Å². The van der Waals surface area contributed by atoms with E-state index in [9.17, 15) is 0 Å². The van der Waals surface area contributed by atoms with E-state index in [1.54, 1.807) is 0 Å². The minimum atomic E-state index is -0.0969. The number of benzene rings is 2. The van der Waals surface area contributed by atoms with Gasteiger partial charge in [-0.05, 0) is 63.5 Å². The molecule has 0 aliphatic heterocycles. The molecular weight excluding hydrogens is 334 g/mol. The zero-order chi connectivity index (χ0) is 14.1. The lowest BCUT2D eigenvalue weighted by atomic mass is 9.76. The Balaban J connectivity index is 1.97. The first-order valence-corrected chi connectivity index (χ1v) is 8.13. The van der Waals surface area contributed by atoms with E-state index >= 15 is 0 Å². The van der Waals surface area contributed by atoms with Gasteiger partial charge in [0.15, 0.2) is 0 Å². The number of hydrogen-bond donors (Lipinski definition) is 1. The monoisotopic (exact) mass is 349 g/mol. The zero-order valence-electron chi connectivity index (χ0n) is 11.2. The molecule has 3 heteroatoms. The topological polar surface area (TPSA) is 26.0 Å². The highest BCUT2D eigenvalue weighted by Gasteiger charge is 2.24. The van der Waals surface area contributed by atoms with Gasteiger partial charge in [0, 0.05) is 4.47 Å². The van der Waals surface area contributed by atoms with Crippen molar-refractivity contribution in [1.29, 1.82) is 0 Å². The summed E-state index contributed by atoms with van der Waals surface area (Å²) in [7, 11) is 0. The molecule has 1 aliphatic carbocycles. The van der Waals surface area contributed by atoms with Crippen LogP contribution in [0.2, 0.25) is 5.02 Å². The molecule has 0 aromatic heterocycles. The molecule has 1 unspecified atom stereocenters. The average molecular weight is 351 g/mol. The van der Waals surface area contributed by atoms with Crippen molar-refractivity contribution >= 4 is 27.5 Å². The quantitative estimate of drug-likeness (QED) is 0.786. The first kappa shape index (κ1) is 14.1. The fourth-order valence-corrected chi connectivity index (χ4v) is 3.28. The molecule has 0 spiro atoms. The molecule has 1 saturated carbocycles. The summed E-state index contributed by atoms with van der Waals surface area (Å²) in [6.07, 6.45) is 3.91. The molecule has 20 heavy (non-hydrogen) atoms. The van der Waals surface area contributed by atoms with Crippen LogP contribution in [0, 0.1) is 0 Å². The molecule has 0 saturated heterocycles. The van der Waals surface area contributed by atoms with Crippen molar-refractivity contribution in [2.75, 3.05) is 0 Å². The maximum atomic E-state index is 6.49. The van der Waals surface area contributed by atoms with Gasteiger partial charge in [-0.25, -0.2) is 0 Å². The van der Waals surface area contributed by atoms with Crippen LogP contribution in [0.5, 0.6) is 0 Å². The minimum Gasteiger partial charge on any atom is -0.320 e. The molecule has 1 aliphatic rings. The smallest absolute Gasteiger partial charge is 0.0554 e. The molecule has 0 amide bonds. The first-order valence-electron chi connectivity index (χ1n) is 6.96. The van der Waals surface area contributed by atoms with Gasteiger partial charge < -0.3 is 5.73 Å². The number of rotatable bonds is 3. The summed E-state index contributed by atoms with van der Waals surface area (Å²) in [5.41, 5.74) is 10.2. The maximum Gasteiger partial charge on any atom is 0.0554 e. The first-order chi connectivity index (χ1) is 9.66. The van der Waals surface area contributed by atoms with Crippen LogP contribution in [0.4, 0.5) is 0 Å². The summed E-state index contributed by atoms with van der Waals surface area (Å²) in [5.74, 6) is 0.688. The summed E-state index contributed by atoms with van der Waals surface area (Å²) in [6.45, 7) is 0. The highest BCUT2D eigenvalue weighted by molar-refractivity contribution is 9.10. The van der Waals surface area contributed by atoms with E-state index in [1.807, 2.05) is 18.2 Å².